The molecule has 2 aromatic rings. The highest BCUT2D eigenvalue weighted by Gasteiger charge is 2.04. The summed E-state index contributed by atoms with van der Waals surface area (Å²) in [6.45, 7) is 0. The lowest BCUT2D eigenvalue weighted by Crippen LogP contribution is -2.13. The Morgan fingerprint density at radius 1 is 1.15 bits per heavy atom. The van der Waals surface area contributed by atoms with Crippen molar-refractivity contribution in [1.82, 2.24) is 0 Å². The van der Waals surface area contributed by atoms with E-state index in [0.29, 0.717) is 17.7 Å². The van der Waals surface area contributed by atoms with Crippen LogP contribution in [-0.2, 0) is 11.2 Å². The van der Waals surface area contributed by atoms with Crippen molar-refractivity contribution >= 4 is 28.8 Å². The Hall–Kier alpha value is -2.14. The molecule has 104 valence electrons. The van der Waals surface area contributed by atoms with E-state index in [-0.39, 0.29) is 5.91 Å². The zero-order valence-electron chi connectivity index (χ0n) is 11.0. The molecular formula is C15H16N2O2S. The van der Waals surface area contributed by atoms with Gasteiger partial charge >= 0.3 is 0 Å². The minimum atomic E-state index is -0.473. The third kappa shape index (κ3) is 4.20. The first-order chi connectivity index (χ1) is 9.65. The van der Waals surface area contributed by atoms with Crippen molar-refractivity contribution in [3.8, 4) is 0 Å². The number of carbonyl (C=O) groups is 2. The van der Waals surface area contributed by atoms with Gasteiger partial charge in [0.25, 0.3) is 0 Å². The van der Waals surface area contributed by atoms with Crippen LogP contribution in [0.5, 0.6) is 0 Å². The van der Waals surface area contributed by atoms with E-state index in [1.54, 1.807) is 35.6 Å². The first-order valence-corrected chi connectivity index (χ1v) is 7.25. The van der Waals surface area contributed by atoms with E-state index >= 15 is 0 Å². The fraction of sp³-hybridized carbons (Fsp3) is 0.200. The molecule has 0 unspecified atom stereocenters. The third-order valence-electron chi connectivity index (χ3n) is 2.86. The largest absolute Gasteiger partial charge is 0.366 e. The first kappa shape index (κ1) is 14.3. The Bertz CT molecular complexity index is 576. The lowest BCUT2D eigenvalue weighted by atomic mass is 10.2. The number of nitrogens with one attached hydrogen (secondary N) is 1. The van der Waals surface area contributed by atoms with Gasteiger partial charge in [-0.15, -0.1) is 11.3 Å². The highest BCUT2D eigenvalue weighted by atomic mass is 32.1. The lowest BCUT2D eigenvalue weighted by molar-refractivity contribution is -0.116. The second-order valence-corrected chi connectivity index (χ2v) is 5.45. The number of primary amides is 1. The van der Waals surface area contributed by atoms with Crippen LogP contribution < -0.4 is 11.1 Å². The molecule has 1 heterocycles. The van der Waals surface area contributed by atoms with Gasteiger partial charge in [-0.1, -0.05) is 6.07 Å². The van der Waals surface area contributed by atoms with E-state index in [9.17, 15) is 9.59 Å². The molecule has 0 bridgehead atoms. The average Bonchev–Trinajstić information content (AvgIpc) is 2.92. The molecule has 0 saturated carbocycles. The molecule has 4 nitrogen and oxygen atoms in total. The topological polar surface area (TPSA) is 72.2 Å². The summed E-state index contributed by atoms with van der Waals surface area (Å²) < 4.78 is 0. The summed E-state index contributed by atoms with van der Waals surface area (Å²) in [5.74, 6) is -0.493. The van der Waals surface area contributed by atoms with Crippen LogP contribution in [0.2, 0.25) is 0 Å². The molecule has 0 fully saturated rings. The minimum absolute atomic E-state index is 0.0200. The normalized spacial score (nSPS) is 10.2. The number of amides is 2. The third-order valence-corrected chi connectivity index (χ3v) is 3.80. The predicted molar refractivity (Wildman–Crippen MR) is 80.8 cm³/mol. The van der Waals surface area contributed by atoms with E-state index in [2.05, 4.69) is 11.4 Å². The van der Waals surface area contributed by atoms with Crippen molar-refractivity contribution in [2.75, 3.05) is 5.32 Å². The number of hydrogen-bond donors (Lipinski definition) is 2. The molecule has 0 aliphatic carbocycles. The predicted octanol–water partition coefficient (Wildman–Crippen LogP) is 2.81. The summed E-state index contributed by atoms with van der Waals surface area (Å²) in [5, 5.41) is 4.84. The van der Waals surface area contributed by atoms with Gasteiger partial charge < -0.3 is 11.1 Å². The molecular weight excluding hydrogens is 272 g/mol. The lowest BCUT2D eigenvalue weighted by Gasteiger charge is -2.05. The number of benzene rings is 1. The highest BCUT2D eigenvalue weighted by Crippen LogP contribution is 2.13. The Labute approximate surface area is 121 Å². The zero-order valence-corrected chi connectivity index (χ0v) is 11.8. The SMILES string of the molecule is NC(=O)c1ccc(NC(=O)CCCc2cccs2)cc1. The van der Waals surface area contributed by atoms with Crippen molar-refractivity contribution in [3.63, 3.8) is 0 Å². The van der Waals surface area contributed by atoms with Gasteiger partial charge in [-0.3, -0.25) is 9.59 Å². The first-order valence-electron chi connectivity index (χ1n) is 6.37. The molecule has 5 heteroatoms. The van der Waals surface area contributed by atoms with Gasteiger partial charge in [0.2, 0.25) is 11.8 Å². The van der Waals surface area contributed by atoms with Crippen LogP contribution in [-0.4, -0.2) is 11.8 Å². The van der Waals surface area contributed by atoms with Crippen molar-refractivity contribution in [2.24, 2.45) is 5.73 Å². The molecule has 0 aliphatic heterocycles. The summed E-state index contributed by atoms with van der Waals surface area (Å²) in [4.78, 5) is 24.0. The summed E-state index contributed by atoms with van der Waals surface area (Å²) in [6, 6.07) is 10.6. The monoisotopic (exact) mass is 288 g/mol. The van der Waals surface area contributed by atoms with Crippen molar-refractivity contribution < 1.29 is 9.59 Å². The number of rotatable bonds is 6. The Kier molecular flexibility index (Phi) is 4.90. The Morgan fingerprint density at radius 3 is 2.50 bits per heavy atom. The highest BCUT2D eigenvalue weighted by molar-refractivity contribution is 7.09. The number of hydrogen-bond acceptors (Lipinski definition) is 3. The minimum Gasteiger partial charge on any atom is -0.366 e. The van der Waals surface area contributed by atoms with E-state index in [1.807, 2.05) is 11.4 Å². The number of nitrogens with two attached hydrogens (primary N) is 1. The number of aryl methyl sites for hydroxylation is 1. The maximum absolute atomic E-state index is 11.8. The molecule has 0 aliphatic rings. The van der Waals surface area contributed by atoms with Crippen molar-refractivity contribution in [3.05, 3.63) is 52.2 Å². The average molecular weight is 288 g/mol. The van der Waals surface area contributed by atoms with Gasteiger partial charge in [0.1, 0.15) is 0 Å². The van der Waals surface area contributed by atoms with E-state index in [0.717, 1.165) is 12.8 Å². The van der Waals surface area contributed by atoms with Gasteiger partial charge in [0, 0.05) is 22.5 Å². The molecule has 0 radical (unpaired) electrons. The molecule has 3 N–H and O–H groups in total. The summed E-state index contributed by atoms with van der Waals surface area (Å²) >= 11 is 1.71. The number of anilines is 1. The Balaban J connectivity index is 1.77. The molecule has 0 spiro atoms. The Morgan fingerprint density at radius 2 is 1.90 bits per heavy atom. The quantitative estimate of drug-likeness (QED) is 0.858. The number of carbonyl (C=O) groups excluding carboxylic acids is 2. The maximum Gasteiger partial charge on any atom is 0.248 e. The van der Waals surface area contributed by atoms with Crippen molar-refractivity contribution in [2.45, 2.75) is 19.3 Å². The van der Waals surface area contributed by atoms with Crippen LogP contribution in [0.25, 0.3) is 0 Å². The molecule has 20 heavy (non-hydrogen) atoms. The van der Waals surface area contributed by atoms with Gasteiger partial charge in [0.05, 0.1) is 0 Å². The summed E-state index contributed by atoms with van der Waals surface area (Å²) in [7, 11) is 0. The van der Waals surface area contributed by atoms with Gasteiger partial charge in [0.15, 0.2) is 0 Å². The van der Waals surface area contributed by atoms with Crippen LogP contribution in [0.3, 0.4) is 0 Å². The second kappa shape index (κ2) is 6.86. The fourth-order valence-electron chi connectivity index (χ4n) is 1.82. The van der Waals surface area contributed by atoms with Gasteiger partial charge in [-0.05, 0) is 48.6 Å². The molecule has 2 amide bonds. The molecule has 0 saturated heterocycles. The zero-order chi connectivity index (χ0) is 14.4. The van der Waals surface area contributed by atoms with Gasteiger partial charge in [-0.2, -0.15) is 0 Å². The van der Waals surface area contributed by atoms with Crippen LogP contribution in [0, 0.1) is 0 Å². The van der Waals surface area contributed by atoms with Crippen LogP contribution >= 0.6 is 11.3 Å². The summed E-state index contributed by atoms with van der Waals surface area (Å²) in [6.07, 6.45) is 2.23. The second-order valence-electron chi connectivity index (χ2n) is 4.42. The summed E-state index contributed by atoms with van der Waals surface area (Å²) in [5.41, 5.74) is 6.26. The number of thiophene rings is 1. The molecule has 2 rings (SSSR count). The molecule has 1 aromatic heterocycles. The molecule has 1 aromatic carbocycles. The van der Waals surface area contributed by atoms with Crippen LogP contribution in [0.4, 0.5) is 5.69 Å². The maximum atomic E-state index is 11.8. The smallest absolute Gasteiger partial charge is 0.248 e. The van der Waals surface area contributed by atoms with Crippen LogP contribution in [0.1, 0.15) is 28.1 Å². The van der Waals surface area contributed by atoms with Gasteiger partial charge in [-0.25, -0.2) is 0 Å². The standard InChI is InChI=1S/C15H16N2O2S/c16-15(19)11-6-8-12(9-7-11)17-14(18)5-1-3-13-4-2-10-20-13/h2,4,6-10H,1,3,5H2,(H2,16,19)(H,17,18). The molecule has 0 atom stereocenters. The fourth-order valence-corrected chi connectivity index (χ4v) is 2.57. The van der Waals surface area contributed by atoms with E-state index < -0.39 is 5.91 Å². The van der Waals surface area contributed by atoms with Crippen molar-refractivity contribution in [1.29, 1.82) is 0 Å². The van der Waals surface area contributed by atoms with E-state index in [1.165, 1.54) is 4.88 Å². The van der Waals surface area contributed by atoms with Crippen LogP contribution in [0.15, 0.2) is 41.8 Å². The van der Waals surface area contributed by atoms with E-state index in [4.69, 9.17) is 5.73 Å².